The molecule has 1 N–H and O–H groups in total. The molecule has 3 aromatic carbocycles. The Morgan fingerprint density at radius 3 is 2.12 bits per heavy atom. The van der Waals surface area contributed by atoms with Crippen LogP contribution in [0.3, 0.4) is 0 Å². The number of rotatable bonds is 7. The van der Waals surface area contributed by atoms with Crippen LogP contribution in [0, 0.1) is 0 Å². The van der Waals surface area contributed by atoms with E-state index in [-0.39, 0.29) is 0 Å². The summed E-state index contributed by atoms with van der Waals surface area (Å²) in [5.41, 5.74) is 4.01. The molecular formula is C27H27N3O4. The minimum Gasteiger partial charge on any atom is -0.493 e. The second-order valence-electron chi connectivity index (χ2n) is 7.93. The number of pyridine rings is 1. The molecule has 4 aromatic rings. The van der Waals surface area contributed by atoms with Crippen molar-refractivity contribution in [2.45, 2.75) is 0 Å². The average molecular weight is 458 g/mol. The van der Waals surface area contributed by atoms with Crippen molar-refractivity contribution >= 4 is 28.0 Å². The second kappa shape index (κ2) is 9.89. The number of benzene rings is 3. The van der Waals surface area contributed by atoms with Gasteiger partial charge in [-0.3, -0.25) is 4.98 Å². The number of nitrogens with zero attached hydrogens (tertiary/aromatic N) is 2. The minimum atomic E-state index is 0.632. The fourth-order valence-electron chi connectivity index (χ4n) is 4.01. The zero-order valence-corrected chi connectivity index (χ0v) is 19.3. The van der Waals surface area contributed by atoms with Crippen molar-refractivity contribution in [3.05, 3.63) is 72.9 Å². The molecule has 1 aliphatic rings. The largest absolute Gasteiger partial charge is 0.493 e. The highest BCUT2D eigenvalue weighted by atomic mass is 16.5. The number of morpholine rings is 1. The highest BCUT2D eigenvalue weighted by Gasteiger charge is 2.12. The lowest BCUT2D eigenvalue weighted by Crippen LogP contribution is -2.36. The highest BCUT2D eigenvalue weighted by Crippen LogP contribution is 2.37. The molecule has 7 heteroatoms. The van der Waals surface area contributed by atoms with E-state index in [4.69, 9.17) is 18.9 Å². The number of hydrogen-bond acceptors (Lipinski definition) is 7. The summed E-state index contributed by atoms with van der Waals surface area (Å²) in [4.78, 5) is 6.77. The molecule has 0 bridgehead atoms. The lowest BCUT2D eigenvalue weighted by atomic mass is 10.2. The maximum Gasteiger partial charge on any atom is 0.162 e. The molecular weight excluding hydrogens is 430 g/mol. The van der Waals surface area contributed by atoms with E-state index in [0.717, 1.165) is 54.3 Å². The van der Waals surface area contributed by atoms with E-state index in [0.29, 0.717) is 17.2 Å². The van der Waals surface area contributed by atoms with E-state index >= 15 is 0 Å². The van der Waals surface area contributed by atoms with Crippen molar-refractivity contribution in [1.82, 2.24) is 4.98 Å². The number of fused-ring (bicyclic) bond motifs is 1. The summed E-state index contributed by atoms with van der Waals surface area (Å²) in [5, 5.41) is 4.29. The third-order valence-corrected chi connectivity index (χ3v) is 5.82. The van der Waals surface area contributed by atoms with Gasteiger partial charge in [0.1, 0.15) is 11.5 Å². The van der Waals surface area contributed by atoms with Crippen molar-refractivity contribution in [3.63, 3.8) is 0 Å². The number of nitrogens with one attached hydrogen (secondary N) is 1. The molecule has 1 fully saturated rings. The summed E-state index contributed by atoms with van der Waals surface area (Å²) in [6.45, 7) is 3.43. The molecule has 0 radical (unpaired) electrons. The molecule has 34 heavy (non-hydrogen) atoms. The van der Waals surface area contributed by atoms with Gasteiger partial charge in [0, 0.05) is 47.8 Å². The Balaban J connectivity index is 1.29. The van der Waals surface area contributed by atoms with Gasteiger partial charge in [-0.25, -0.2) is 0 Å². The van der Waals surface area contributed by atoms with E-state index in [2.05, 4.69) is 39.5 Å². The molecule has 0 aliphatic carbocycles. The highest BCUT2D eigenvalue weighted by molar-refractivity contribution is 5.88. The maximum absolute atomic E-state index is 6.17. The van der Waals surface area contributed by atoms with Crippen LogP contribution in [0.25, 0.3) is 10.9 Å². The van der Waals surface area contributed by atoms with Crippen LogP contribution in [0.2, 0.25) is 0 Å². The lowest BCUT2D eigenvalue weighted by Gasteiger charge is -2.28. The smallest absolute Gasteiger partial charge is 0.162 e. The molecule has 5 rings (SSSR count). The lowest BCUT2D eigenvalue weighted by molar-refractivity contribution is 0.122. The van der Waals surface area contributed by atoms with Crippen molar-refractivity contribution < 1.29 is 18.9 Å². The van der Waals surface area contributed by atoms with Crippen LogP contribution in [0.1, 0.15) is 0 Å². The quantitative estimate of drug-likeness (QED) is 0.386. The van der Waals surface area contributed by atoms with Gasteiger partial charge in [0.15, 0.2) is 11.5 Å². The van der Waals surface area contributed by atoms with Gasteiger partial charge in [-0.15, -0.1) is 0 Å². The standard InChI is InChI=1S/C27H27N3O4/c1-31-26-17-23-24(18-27(26)32-2)28-12-11-25(23)34-22-9-5-20(6-10-22)29-19-3-7-21(8-4-19)30-13-15-33-16-14-30/h3-12,17-18,29H,13-16H2,1-2H3. The number of aromatic nitrogens is 1. The van der Waals surface area contributed by atoms with Crippen LogP contribution in [-0.2, 0) is 4.74 Å². The molecule has 1 saturated heterocycles. The number of hydrogen-bond donors (Lipinski definition) is 1. The maximum atomic E-state index is 6.17. The molecule has 0 spiro atoms. The summed E-state index contributed by atoms with van der Waals surface area (Å²) >= 11 is 0. The predicted molar refractivity (Wildman–Crippen MR) is 134 cm³/mol. The van der Waals surface area contributed by atoms with E-state index in [1.165, 1.54) is 5.69 Å². The zero-order valence-electron chi connectivity index (χ0n) is 19.3. The molecule has 0 amide bonds. The van der Waals surface area contributed by atoms with Crippen LogP contribution >= 0.6 is 0 Å². The van der Waals surface area contributed by atoms with Crippen molar-refractivity contribution in [2.24, 2.45) is 0 Å². The second-order valence-corrected chi connectivity index (χ2v) is 7.93. The van der Waals surface area contributed by atoms with Crippen molar-refractivity contribution in [2.75, 3.05) is 50.7 Å². The zero-order chi connectivity index (χ0) is 23.3. The first-order valence-corrected chi connectivity index (χ1v) is 11.2. The normalized spacial score (nSPS) is 13.5. The fraction of sp³-hybridized carbons (Fsp3) is 0.222. The van der Waals surface area contributed by atoms with Crippen LogP contribution < -0.4 is 24.4 Å². The summed E-state index contributed by atoms with van der Waals surface area (Å²) in [6, 6.07) is 21.9. The average Bonchev–Trinajstić information content (AvgIpc) is 2.90. The Morgan fingerprint density at radius 1 is 0.794 bits per heavy atom. The summed E-state index contributed by atoms with van der Waals surface area (Å²) in [7, 11) is 3.22. The number of anilines is 3. The van der Waals surface area contributed by atoms with E-state index in [1.54, 1.807) is 20.4 Å². The van der Waals surface area contributed by atoms with Gasteiger partial charge in [0.05, 0.1) is 33.0 Å². The molecule has 7 nitrogen and oxygen atoms in total. The molecule has 0 saturated carbocycles. The van der Waals surface area contributed by atoms with Gasteiger partial charge in [0.25, 0.3) is 0 Å². The van der Waals surface area contributed by atoms with Crippen LogP contribution in [0.5, 0.6) is 23.0 Å². The van der Waals surface area contributed by atoms with Gasteiger partial charge >= 0.3 is 0 Å². The Labute approximate surface area is 198 Å². The molecule has 0 unspecified atom stereocenters. The van der Waals surface area contributed by atoms with E-state index < -0.39 is 0 Å². The third kappa shape index (κ3) is 4.70. The Bertz CT molecular complexity index is 1250. The Kier molecular flexibility index (Phi) is 6.35. The summed E-state index contributed by atoms with van der Waals surface area (Å²) in [6.07, 6.45) is 1.72. The Hall–Kier alpha value is -3.97. The first-order chi connectivity index (χ1) is 16.7. The van der Waals surface area contributed by atoms with E-state index in [1.807, 2.05) is 42.5 Å². The van der Waals surface area contributed by atoms with Gasteiger partial charge in [-0.1, -0.05) is 0 Å². The SMILES string of the molecule is COc1cc2nccc(Oc3ccc(Nc4ccc(N5CCOCC5)cc4)cc3)c2cc1OC. The molecule has 1 aromatic heterocycles. The van der Waals surface area contributed by atoms with E-state index in [9.17, 15) is 0 Å². The monoisotopic (exact) mass is 457 g/mol. The number of ether oxygens (including phenoxy) is 4. The number of methoxy groups -OCH3 is 2. The topological polar surface area (TPSA) is 65.1 Å². The van der Waals surface area contributed by atoms with Gasteiger partial charge in [-0.05, 0) is 60.7 Å². The minimum absolute atomic E-state index is 0.632. The predicted octanol–water partition coefficient (Wildman–Crippen LogP) is 5.62. The Morgan fingerprint density at radius 2 is 1.44 bits per heavy atom. The molecule has 1 aliphatic heterocycles. The van der Waals surface area contributed by atoms with Crippen molar-refractivity contribution in [3.8, 4) is 23.0 Å². The van der Waals surface area contributed by atoms with Crippen LogP contribution in [0.4, 0.5) is 17.1 Å². The van der Waals surface area contributed by atoms with Crippen LogP contribution in [0.15, 0.2) is 72.9 Å². The summed E-state index contributed by atoms with van der Waals surface area (Å²) < 4.78 is 22.4. The van der Waals surface area contributed by atoms with Crippen LogP contribution in [-0.4, -0.2) is 45.5 Å². The first-order valence-electron chi connectivity index (χ1n) is 11.2. The molecule has 2 heterocycles. The molecule has 174 valence electrons. The van der Waals surface area contributed by atoms with Gasteiger partial charge < -0.3 is 29.2 Å². The third-order valence-electron chi connectivity index (χ3n) is 5.82. The van der Waals surface area contributed by atoms with Crippen molar-refractivity contribution in [1.29, 1.82) is 0 Å². The summed E-state index contributed by atoms with van der Waals surface area (Å²) in [5.74, 6) is 2.70. The van der Waals surface area contributed by atoms with Gasteiger partial charge in [-0.2, -0.15) is 0 Å². The molecule has 0 atom stereocenters. The fourth-order valence-corrected chi connectivity index (χ4v) is 4.01. The van der Waals surface area contributed by atoms with Gasteiger partial charge in [0.2, 0.25) is 0 Å². The first kappa shape index (κ1) is 21.9.